The van der Waals surface area contributed by atoms with Gasteiger partial charge in [-0.25, -0.2) is 0 Å². The van der Waals surface area contributed by atoms with Gasteiger partial charge in [0.1, 0.15) is 17.3 Å². The number of aryl methyl sites for hydroxylation is 1. The van der Waals surface area contributed by atoms with Crippen molar-refractivity contribution < 1.29 is 9.21 Å². The van der Waals surface area contributed by atoms with Crippen LogP contribution in [0.15, 0.2) is 27.8 Å². The molecule has 0 bridgehead atoms. The van der Waals surface area contributed by atoms with E-state index in [1.807, 2.05) is 12.1 Å². The smallest absolute Gasteiger partial charge is 0.244 e. The van der Waals surface area contributed by atoms with Crippen molar-refractivity contribution >= 4 is 23.7 Å². The maximum Gasteiger partial charge on any atom is 0.244 e. The molecule has 0 aliphatic heterocycles. The zero-order valence-electron chi connectivity index (χ0n) is 17.3. The molecule has 2 heterocycles. The number of rotatable bonds is 9. The van der Waals surface area contributed by atoms with E-state index in [2.05, 4.69) is 33.3 Å². The summed E-state index contributed by atoms with van der Waals surface area (Å²) < 4.78 is 8.13. The quantitative estimate of drug-likeness (QED) is 0.369. The van der Waals surface area contributed by atoms with Crippen LogP contribution in [0.5, 0.6) is 0 Å². The SMILES string of the molecule is CSc1nnc(CCCNC(=O)/C=C/c2ccc([C@H]3C[C@H]3C)o2)n1C1CCCC1. The van der Waals surface area contributed by atoms with Crippen molar-refractivity contribution in [2.45, 2.75) is 69.0 Å². The average Bonchev–Trinajstić information content (AvgIpc) is 3.18. The van der Waals surface area contributed by atoms with Crippen molar-refractivity contribution in [3.05, 3.63) is 35.6 Å². The largest absolute Gasteiger partial charge is 0.461 e. The van der Waals surface area contributed by atoms with Gasteiger partial charge in [0.05, 0.1) is 0 Å². The first-order chi connectivity index (χ1) is 14.2. The zero-order valence-corrected chi connectivity index (χ0v) is 18.1. The van der Waals surface area contributed by atoms with Crippen molar-refractivity contribution in [1.29, 1.82) is 0 Å². The number of nitrogens with one attached hydrogen (secondary N) is 1. The van der Waals surface area contributed by atoms with Crippen LogP contribution in [0.1, 0.15) is 74.8 Å². The molecule has 2 aliphatic carbocycles. The Morgan fingerprint density at radius 1 is 1.34 bits per heavy atom. The molecule has 0 spiro atoms. The molecule has 0 radical (unpaired) electrons. The van der Waals surface area contributed by atoms with Crippen LogP contribution in [-0.4, -0.2) is 33.5 Å². The first-order valence-electron chi connectivity index (χ1n) is 10.7. The number of aromatic nitrogens is 3. The van der Waals surface area contributed by atoms with Gasteiger partial charge in [0.25, 0.3) is 0 Å². The third kappa shape index (κ3) is 4.94. The summed E-state index contributed by atoms with van der Waals surface area (Å²) in [5.41, 5.74) is 0. The van der Waals surface area contributed by atoms with Gasteiger partial charge in [-0.3, -0.25) is 4.79 Å². The van der Waals surface area contributed by atoms with Crippen LogP contribution in [-0.2, 0) is 11.2 Å². The number of furan rings is 1. The second-order valence-corrected chi connectivity index (χ2v) is 8.97. The number of carbonyl (C=O) groups is 1. The lowest BCUT2D eigenvalue weighted by atomic mass is 10.2. The molecule has 0 unspecified atom stereocenters. The molecular formula is C22H30N4O2S. The Bertz CT molecular complexity index is 866. The molecule has 2 aromatic rings. The Hall–Kier alpha value is -2.02. The second kappa shape index (κ2) is 9.20. The Labute approximate surface area is 176 Å². The van der Waals surface area contributed by atoms with Gasteiger partial charge in [0.2, 0.25) is 5.91 Å². The van der Waals surface area contributed by atoms with Crippen molar-refractivity contribution in [3.8, 4) is 0 Å². The van der Waals surface area contributed by atoms with Crippen molar-refractivity contribution in [2.24, 2.45) is 5.92 Å². The highest BCUT2D eigenvalue weighted by molar-refractivity contribution is 7.98. The molecule has 7 heteroatoms. The Morgan fingerprint density at radius 2 is 2.14 bits per heavy atom. The number of amides is 1. The van der Waals surface area contributed by atoms with Crippen LogP contribution in [0.3, 0.4) is 0 Å². The summed E-state index contributed by atoms with van der Waals surface area (Å²) in [4.78, 5) is 12.1. The van der Waals surface area contributed by atoms with Crippen molar-refractivity contribution in [3.63, 3.8) is 0 Å². The first kappa shape index (κ1) is 20.3. The predicted octanol–water partition coefficient (Wildman–Crippen LogP) is 4.59. The van der Waals surface area contributed by atoms with E-state index in [0.717, 1.165) is 35.3 Å². The monoisotopic (exact) mass is 414 g/mol. The highest BCUT2D eigenvalue weighted by Crippen LogP contribution is 2.47. The Kier molecular flexibility index (Phi) is 6.43. The van der Waals surface area contributed by atoms with Crippen LogP contribution in [0, 0.1) is 5.92 Å². The minimum Gasteiger partial charge on any atom is -0.461 e. The number of hydrogen-bond acceptors (Lipinski definition) is 5. The molecule has 2 saturated carbocycles. The molecule has 2 aromatic heterocycles. The second-order valence-electron chi connectivity index (χ2n) is 8.20. The van der Waals surface area contributed by atoms with E-state index in [0.29, 0.717) is 24.4 Å². The molecule has 4 rings (SSSR count). The fourth-order valence-corrected chi connectivity index (χ4v) is 4.77. The van der Waals surface area contributed by atoms with E-state index in [4.69, 9.17) is 4.42 Å². The fraction of sp³-hybridized carbons (Fsp3) is 0.591. The number of carbonyl (C=O) groups excluding carboxylic acids is 1. The molecule has 1 N–H and O–H groups in total. The van der Waals surface area contributed by atoms with Gasteiger partial charge in [0.15, 0.2) is 5.16 Å². The third-order valence-corrected chi connectivity index (χ3v) is 6.65. The van der Waals surface area contributed by atoms with Gasteiger partial charge in [0, 0.05) is 31.0 Å². The van der Waals surface area contributed by atoms with Crippen LogP contribution in [0.2, 0.25) is 0 Å². The highest BCUT2D eigenvalue weighted by atomic mass is 32.2. The number of nitrogens with zero attached hydrogens (tertiary/aromatic N) is 3. The molecule has 156 valence electrons. The van der Waals surface area contributed by atoms with E-state index >= 15 is 0 Å². The first-order valence-corrected chi connectivity index (χ1v) is 11.9. The highest BCUT2D eigenvalue weighted by Gasteiger charge is 2.36. The summed E-state index contributed by atoms with van der Waals surface area (Å²) in [6.07, 6.45) is 13.2. The van der Waals surface area contributed by atoms with Crippen LogP contribution < -0.4 is 5.32 Å². The molecule has 2 fully saturated rings. The van der Waals surface area contributed by atoms with Crippen LogP contribution in [0.25, 0.3) is 6.08 Å². The lowest BCUT2D eigenvalue weighted by Gasteiger charge is -2.16. The molecule has 1 amide bonds. The van der Waals surface area contributed by atoms with E-state index in [1.165, 1.54) is 32.1 Å². The Morgan fingerprint density at radius 3 is 2.86 bits per heavy atom. The van der Waals surface area contributed by atoms with Gasteiger partial charge in [-0.05, 0) is 56.1 Å². The maximum atomic E-state index is 12.1. The van der Waals surface area contributed by atoms with Gasteiger partial charge in [-0.2, -0.15) is 0 Å². The molecule has 2 aliphatic rings. The topological polar surface area (TPSA) is 73.0 Å². The molecule has 0 saturated heterocycles. The van der Waals surface area contributed by atoms with E-state index in [1.54, 1.807) is 23.9 Å². The van der Waals surface area contributed by atoms with Gasteiger partial charge >= 0.3 is 0 Å². The van der Waals surface area contributed by atoms with E-state index in [-0.39, 0.29) is 5.91 Å². The standard InChI is InChI=1S/C22H30N4O2S/c1-15-14-18(15)19-11-9-17(28-19)10-12-21(27)23-13-5-8-20-24-25-22(29-2)26(20)16-6-3-4-7-16/h9-12,15-16,18H,3-8,13-14H2,1-2H3,(H,23,27)/b12-10+/t15-,18+/m1/s1. The summed E-state index contributed by atoms with van der Waals surface area (Å²) in [5.74, 6) is 4.00. The van der Waals surface area contributed by atoms with Crippen LogP contribution >= 0.6 is 11.8 Å². The molecule has 0 aromatic carbocycles. The minimum atomic E-state index is -0.0928. The van der Waals surface area contributed by atoms with Gasteiger partial charge < -0.3 is 14.3 Å². The van der Waals surface area contributed by atoms with Crippen molar-refractivity contribution in [1.82, 2.24) is 20.1 Å². The molecule has 29 heavy (non-hydrogen) atoms. The zero-order chi connectivity index (χ0) is 20.2. The summed E-state index contributed by atoms with van der Waals surface area (Å²) in [5, 5.41) is 12.7. The average molecular weight is 415 g/mol. The third-order valence-electron chi connectivity index (χ3n) is 6.01. The van der Waals surface area contributed by atoms with Gasteiger partial charge in [-0.15, -0.1) is 10.2 Å². The molecule has 2 atom stereocenters. The number of thioether (sulfide) groups is 1. The summed E-state index contributed by atoms with van der Waals surface area (Å²) in [7, 11) is 0. The van der Waals surface area contributed by atoms with Gasteiger partial charge in [-0.1, -0.05) is 31.5 Å². The fourth-order valence-electron chi connectivity index (χ4n) is 4.20. The number of hydrogen-bond donors (Lipinski definition) is 1. The molecular weight excluding hydrogens is 384 g/mol. The predicted molar refractivity (Wildman–Crippen MR) is 115 cm³/mol. The maximum absolute atomic E-state index is 12.1. The van der Waals surface area contributed by atoms with E-state index < -0.39 is 0 Å². The summed E-state index contributed by atoms with van der Waals surface area (Å²) >= 11 is 1.66. The van der Waals surface area contributed by atoms with Crippen molar-refractivity contribution in [2.75, 3.05) is 12.8 Å². The van der Waals surface area contributed by atoms with Crippen LogP contribution in [0.4, 0.5) is 0 Å². The minimum absolute atomic E-state index is 0.0928. The lowest BCUT2D eigenvalue weighted by Crippen LogP contribution is -2.23. The summed E-state index contributed by atoms with van der Waals surface area (Å²) in [6, 6.07) is 4.50. The summed E-state index contributed by atoms with van der Waals surface area (Å²) in [6.45, 7) is 2.85. The lowest BCUT2D eigenvalue weighted by molar-refractivity contribution is -0.116. The Balaban J connectivity index is 1.23. The normalized spacial score (nSPS) is 21.9. The molecule has 6 nitrogen and oxygen atoms in total. The van der Waals surface area contributed by atoms with E-state index in [9.17, 15) is 4.79 Å².